The molecule has 4 aromatic rings. The second-order valence-corrected chi connectivity index (χ2v) is 5.15. The van der Waals surface area contributed by atoms with Crippen LogP contribution < -0.4 is 5.32 Å². The number of anilines is 2. The Labute approximate surface area is 133 Å². The van der Waals surface area contributed by atoms with Gasteiger partial charge in [0.25, 0.3) is 0 Å². The fourth-order valence-corrected chi connectivity index (χ4v) is 2.60. The summed E-state index contributed by atoms with van der Waals surface area (Å²) in [7, 11) is 0. The summed E-state index contributed by atoms with van der Waals surface area (Å²) in [5, 5.41) is 4.43. The Bertz CT molecular complexity index is 946. The number of nitrogens with zero attached hydrogens (tertiary/aromatic N) is 3. The van der Waals surface area contributed by atoms with Crippen molar-refractivity contribution >= 4 is 22.4 Å². The summed E-state index contributed by atoms with van der Waals surface area (Å²) < 4.78 is 0. The lowest BCUT2D eigenvalue weighted by molar-refractivity contribution is 1.22. The Balaban J connectivity index is 1.80. The summed E-state index contributed by atoms with van der Waals surface area (Å²) >= 11 is 0. The summed E-state index contributed by atoms with van der Waals surface area (Å²) in [5.41, 5.74) is 4.06. The molecule has 0 atom stereocenters. The monoisotopic (exact) mass is 298 g/mol. The zero-order chi connectivity index (χ0) is 15.5. The van der Waals surface area contributed by atoms with Gasteiger partial charge in [-0.1, -0.05) is 36.4 Å². The van der Waals surface area contributed by atoms with Gasteiger partial charge in [-0.25, -0.2) is 9.97 Å². The fraction of sp³-hybridized carbons (Fsp3) is 0. The molecule has 0 aliphatic heterocycles. The summed E-state index contributed by atoms with van der Waals surface area (Å²) in [4.78, 5) is 12.9. The van der Waals surface area contributed by atoms with Crippen LogP contribution in [0.3, 0.4) is 0 Å². The molecule has 0 aliphatic rings. The number of pyridine rings is 1. The van der Waals surface area contributed by atoms with Gasteiger partial charge >= 0.3 is 0 Å². The Kier molecular flexibility index (Phi) is 3.41. The zero-order valence-electron chi connectivity index (χ0n) is 12.3. The van der Waals surface area contributed by atoms with Gasteiger partial charge < -0.3 is 5.32 Å². The molecule has 2 aromatic heterocycles. The summed E-state index contributed by atoms with van der Waals surface area (Å²) in [6.07, 6.45) is 5.22. The van der Waals surface area contributed by atoms with Crippen LogP contribution in [-0.2, 0) is 0 Å². The van der Waals surface area contributed by atoms with Crippen molar-refractivity contribution < 1.29 is 0 Å². The maximum atomic E-state index is 4.40. The lowest BCUT2D eigenvalue weighted by Crippen LogP contribution is -1.97. The first-order chi connectivity index (χ1) is 11.4. The van der Waals surface area contributed by atoms with Gasteiger partial charge in [0.15, 0.2) is 0 Å². The van der Waals surface area contributed by atoms with Crippen molar-refractivity contribution in [2.24, 2.45) is 0 Å². The van der Waals surface area contributed by atoms with Crippen LogP contribution in [0.2, 0.25) is 0 Å². The van der Waals surface area contributed by atoms with Gasteiger partial charge in [0.2, 0.25) is 0 Å². The van der Waals surface area contributed by atoms with E-state index in [9.17, 15) is 0 Å². The molecule has 0 radical (unpaired) electrons. The number of rotatable bonds is 3. The molecule has 0 aliphatic carbocycles. The van der Waals surface area contributed by atoms with E-state index in [4.69, 9.17) is 0 Å². The van der Waals surface area contributed by atoms with E-state index in [2.05, 4.69) is 26.3 Å². The summed E-state index contributed by atoms with van der Waals surface area (Å²) in [6, 6.07) is 20.1. The molecule has 4 heteroatoms. The van der Waals surface area contributed by atoms with Crippen LogP contribution in [-0.4, -0.2) is 15.0 Å². The van der Waals surface area contributed by atoms with Crippen molar-refractivity contribution in [3.63, 3.8) is 0 Å². The van der Waals surface area contributed by atoms with Crippen LogP contribution in [0.4, 0.5) is 11.5 Å². The average Bonchev–Trinajstić information content (AvgIpc) is 2.63. The van der Waals surface area contributed by atoms with Gasteiger partial charge in [-0.05, 0) is 24.3 Å². The molecule has 2 aromatic carbocycles. The molecule has 23 heavy (non-hydrogen) atoms. The first-order valence-corrected chi connectivity index (χ1v) is 7.38. The highest BCUT2D eigenvalue weighted by atomic mass is 15.0. The molecule has 0 unspecified atom stereocenters. The topological polar surface area (TPSA) is 50.7 Å². The molecule has 0 fully saturated rings. The maximum Gasteiger partial charge on any atom is 0.141 e. The minimum Gasteiger partial charge on any atom is -0.339 e. The fourth-order valence-electron chi connectivity index (χ4n) is 2.60. The van der Waals surface area contributed by atoms with Gasteiger partial charge in [0.05, 0.1) is 5.52 Å². The van der Waals surface area contributed by atoms with Crippen molar-refractivity contribution in [2.45, 2.75) is 0 Å². The maximum absolute atomic E-state index is 4.40. The first-order valence-electron chi connectivity index (χ1n) is 7.38. The Hall–Kier alpha value is -3.27. The van der Waals surface area contributed by atoms with Gasteiger partial charge in [-0.15, -0.1) is 0 Å². The highest BCUT2D eigenvalue weighted by Gasteiger charge is 2.08. The van der Waals surface area contributed by atoms with E-state index in [1.807, 2.05) is 60.8 Å². The Morgan fingerprint density at radius 3 is 2.57 bits per heavy atom. The molecule has 0 spiro atoms. The van der Waals surface area contributed by atoms with E-state index < -0.39 is 0 Å². The number of benzene rings is 2. The van der Waals surface area contributed by atoms with Crippen molar-refractivity contribution in [3.05, 3.63) is 79.4 Å². The van der Waals surface area contributed by atoms with Gasteiger partial charge in [-0.3, -0.25) is 4.98 Å². The van der Waals surface area contributed by atoms with Gasteiger partial charge in [0, 0.05) is 34.6 Å². The molecular weight excluding hydrogens is 284 g/mol. The van der Waals surface area contributed by atoms with Gasteiger partial charge in [-0.2, -0.15) is 0 Å². The molecule has 0 bridgehead atoms. The van der Waals surface area contributed by atoms with E-state index >= 15 is 0 Å². The highest BCUT2D eigenvalue weighted by Crippen LogP contribution is 2.30. The third kappa shape index (κ3) is 2.62. The third-order valence-electron chi connectivity index (χ3n) is 3.70. The van der Waals surface area contributed by atoms with Crippen LogP contribution in [0.15, 0.2) is 79.4 Å². The standard InChI is InChI=1S/C19H14N4/c1-4-10-18(15(7-1)14-6-5-11-20-12-14)23-19-16-8-2-3-9-17(16)21-13-22-19/h1-13H,(H,21,22,23). The van der Waals surface area contributed by atoms with Crippen molar-refractivity contribution in [2.75, 3.05) is 5.32 Å². The summed E-state index contributed by atoms with van der Waals surface area (Å²) in [6.45, 7) is 0. The van der Waals surface area contributed by atoms with Crippen molar-refractivity contribution in [3.8, 4) is 11.1 Å². The van der Waals surface area contributed by atoms with Crippen LogP contribution in [0, 0.1) is 0 Å². The minimum atomic E-state index is 0.798. The normalized spacial score (nSPS) is 10.6. The van der Waals surface area contributed by atoms with Crippen LogP contribution >= 0.6 is 0 Å². The number of para-hydroxylation sites is 2. The van der Waals surface area contributed by atoms with Crippen molar-refractivity contribution in [1.82, 2.24) is 15.0 Å². The predicted octanol–water partition coefficient (Wildman–Crippen LogP) is 4.44. The van der Waals surface area contributed by atoms with Crippen LogP contribution in [0.5, 0.6) is 0 Å². The second kappa shape index (κ2) is 5.85. The number of hydrogen-bond acceptors (Lipinski definition) is 4. The highest BCUT2D eigenvalue weighted by molar-refractivity contribution is 5.92. The third-order valence-corrected chi connectivity index (χ3v) is 3.70. The van der Waals surface area contributed by atoms with E-state index in [0.29, 0.717) is 0 Å². The molecule has 0 saturated carbocycles. The number of nitrogens with one attached hydrogen (secondary N) is 1. The Morgan fingerprint density at radius 2 is 1.65 bits per heavy atom. The minimum absolute atomic E-state index is 0.798. The number of fused-ring (bicyclic) bond motifs is 1. The second-order valence-electron chi connectivity index (χ2n) is 5.15. The largest absolute Gasteiger partial charge is 0.339 e. The Morgan fingerprint density at radius 1 is 0.783 bits per heavy atom. The van der Waals surface area contributed by atoms with E-state index in [-0.39, 0.29) is 0 Å². The molecular formula is C19H14N4. The molecule has 1 N–H and O–H groups in total. The first kappa shape index (κ1) is 13.4. The SMILES string of the molecule is c1cncc(-c2ccccc2Nc2ncnc3ccccc23)c1. The predicted molar refractivity (Wildman–Crippen MR) is 92.5 cm³/mol. The molecule has 0 amide bonds. The molecule has 110 valence electrons. The number of aromatic nitrogens is 3. The lowest BCUT2D eigenvalue weighted by atomic mass is 10.1. The van der Waals surface area contributed by atoms with Crippen LogP contribution in [0.1, 0.15) is 0 Å². The van der Waals surface area contributed by atoms with E-state index in [1.165, 1.54) is 0 Å². The zero-order valence-corrected chi connectivity index (χ0v) is 12.3. The summed E-state index contributed by atoms with van der Waals surface area (Å²) in [5.74, 6) is 0.798. The smallest absolute Gasteiger partial charge is 0.141 e. The van der Waals surface area contributed by atoms with Crippen LogP contribution in [0.25, 0.3) is 22.0 Å². The van der Waals surface area contributed by atoms with Gasteiger partial charge in [0.1, 0.15) is 12.1 Å². The molecule has 2 heterocycles. The molecule has 0 saturated heterocycles. The van der Waals surface area contributed by atoms with E-state index in [0.717, 1.165) is 33.5 Å². The number of hydrogen-bond donors (Lipinski definition) is 1. The average molecular weight is 298 g/mol. The lowest BCUT2D eigenvalue weighted by Gasteiger charge is -2.12. The molecule has 4 nitrogen and oxygen atoms in total. The van der Waals surface area contributed by atoms with E-state index in [1.54, 1.807) is 12.5 Å². The quantitative estimate of drug-likeness (QED) is 0.607. The van der Waals surface area contributed by atoms with Crippen molar-refractivity contribution in [1.29, 1.82) is 0 Å². The molecule has 4 rings (SSSR count).